The van der Waals surface area contributed by atoms with Gasteiger partial charge < -0.3 is 30.5 Å². The monoisotopic (exact) mass is 255 g/mol. The Morgan fingerprint density at radius 2 is 2.12 bits per heavy atom. The minimum Gasteiger partial charge on any atom is -0.391 e. The Morgan fingerprint density at radius 1 is 1.50 bits per heavy atom. The molecule has 1 saturated heterocycles. The number of hydrogen-bond donors (Lipinski definition) is 5. The van der Waals surface area contributed by atoms with Crippen LogP contribution in [0.1, 0.15) is 6.42 Å². The van der Waals surface area contributed by atoms with E-state index in [4.69, 9.17) is 21.4 Å². The van der Waals surface area contributed by atoms with E-state index >= 15 is 0 Å². The highest BCUT2D eigenvalue weighted by atomic mass is 35.5. The molecule has 0 aliphatic carbocycles. The third-order valence-electron chi connectivity index (χ3n) is 2.34. The van der Waals surface area contributed by atoms with Gasteiger partial charge >= 0.3 is 0 Å². The van der Waals surface area contributed by atoms with Gasteiger partial charge in [0.1, 0.15) is 12.0 Å². The molecule has 8 heteroatoms. The van der Waals surface area contributed by atoms with Crippen molar-refractivity contribution >= 4 is 17.5 Å². The van der Waals surface area contributed by atoms with E-state index in [0.717, 1.165) is 0 Å². The summed E-state index contributed by atoms with van der Waals surface area (Å²) in [5.74, 6) is -1.10. The molecular formula is C8H14ClNO6. The SMILES string of the molecule is O=C(CCl)NC1(CO)OC(O)C[C@@H](O)C1O. The van der Waals surface area contributed by atoms with Crippen LogP contribution in [0.2, 0.25) is 0 Å². The highest BCUT2D eigenvalue weighted by Crippen LogP contribution is 2.26. The molecule has 1 amide bonds. The molecule has 4 atom stereocenters. The fraction of sp³-hybridized carbons (Fsp3) is 0.875. The third-order valence-corrected chi connectivity index (χ3v) is 2.58. The molecule has 94 valence electrons. The van der Waals surface area contributed by atoms with Gasteiger partial charge in [-0.1, -0.05) is 0 Å². The summed E-state index contributed by atoms with van der Waals surface area (Å²) in [4.78, 5) is 11.1. The van der Waals surface area contributed by atoms with Gasteiger partial charge in [0.05, 0.1) is 12.7 Å². The van der Waals surface area contributed by atoms with Crippen molar-refractivity contribution in [3.05, 3.63) is 0 Å². The van der Waals surface area contributed by atoms with Gasteiger partial charge in [-0.2, -0.15) is 0 Å². The maximum atomic E-state index is 11.1. The molecule has 1 fully saturated rings. The van der Waals surface area contributed by atoms with Gasteiger partial charge in [0, 0.05) is 6.42 Å². The highest BCUT2D eigenvalue weighted by Gasteiger charge is 2.49. The molecule has 1 heterocycles. The van der Waals surface area contributed by atoms with E-state index in [2.05, 4.69) is 5.32 Å². The Hall–Kier alpha value is -0.440. The molecule has 0 radical (unpaired) electrons. The van der Waals surface area contributed by atoms with Crippen LogP contribution in [0, 0.1) is 0 Å². The number of rotatable bonds is 3. The molecule has 1 aliphatic rings. The lowest BCUT2D eigenvalue weighted by Gasteiger charge is -2.44. The van der Waals surface area contributed by atoms with Crippen molar-refractivity contribution in [2.75, 3.05) is 12.5 Å². The molecule has 0 aromatic rings. The summed E-state index contributed by atoms with van der Waals surface area (Å²) in [5.41, 5.74) is -1.93. The summed E-state index contributed by atoms with van der Waals surface area (Å²) >= 11 is 5.25. The average Bonchev–Trinajstić information content (AvgIpc) is 2.25. The highest BCUT2D eigenvalue weighted by molar-refractivity contribution is 6.27. The van der Waals surface area contributed by atoms with Gasteiger partial charge in [-0.25, -0.2) is 0 Å². The summed E-state index contributed by atoms with van der Waals surface area (Å²) < 4.78 is 4.88. The summed E-state index contributed by atoms with van der Waals surface area (Å²) in [6.07, 6.45) is -4.46. The summed E-state index contributed by atoms with van der Waals surface area (Å²) in [6.45, 7) is -0.801. The minimum atomic E-state index is -1.93. The lowest BCUT2D eigenvalue weighted by Crippen LogP contribution is -2.68. The van der Waals surface area contributed by atoms with Crippen molar-refractivity contribution < 1.29 is 30.0 Å². The van der Waals surface area contributed by atoms with E-state index in [9.17, 15) is 20.1 Å². The summed E-state index contributed by atoms with van der Waals surface area (Å²) in [6, 6.07) is 0. The molecule has 7 nitrogen and oxygen atoms in total. The van der Waals surface area contributed by atoms with Gasteiger partial charge in [0.15, 0.2) is 12.0 Å². The Morgan fingerprint density at radius 3 is 2.62 bits per heavy atom. The predicted molar refractivity (Wildman–Crippen MR) is 52.4 cm³/mol. The number of aliphatic hydroxyl groups is 4. The number of carbonyl (C=O) groups excluding carboxylic acids is 1. The molecule has 0 spiro atoms. The van der Waals surface area contributed by atoms with Crippen LogP contribution in [0.15, 0.2) is 0 Å². The second-order valence-corrected chi connectivity index (χ2v) is 3.82. The topological polar surface area (TPSA) is 119 Å². The molecule has 5 N–H and O–H groups in total. The van der Waals surface area contributed by atoms with Crippen LogP contribution < -0.4 is 5.32 Å². The van der Waals surface area contributed by atoms with E-state index in [1.165, 1.54) is 0 Å². The Labute approximate surface area is 96.6 Å². The molecule has 0 aromatic carbocycles. The van der Waals surface area contributed by atoms with Gasteiger partial charge in [0.25, 0.3) is 0 Å². The largest absolute Gasteiger partial charge is 0.391 e. The van der Waals surface area contributed by atoms with Crippen molar-refractivity contribution in [2.45, 2.75) is 30.6 Å². The Kier molecular flexibility index (Phi) is 4.48. The smallest absolute Gasteiger partial charge is 0.237 e. The van der Waals surface area contributed by atoms with E-state index in [1.54, 1.807) is 0 Å². The Bertz CT molecular complexity index is 265. The van der Waals surface area contributed by atoms with Crippen LogP contribution in [-0.2, 0) is 9.53 Å². The zero-order chi connectivity index (χ0) is 12.3. The fourth-order valence-corrected chi connectivity index (χ4v) is 1.62. The van der Waals surface area contributed by atoms with Crippen LogP contribution in [0.4, 0.5) is 0 Å². The first-order valence-corrected chi connectivity index (χ1v) is 5.18. The summed E-state index contributed by atoms with van der Waals surface area (Å²) in [5, 5.41) is 39.6. The first kappa shape index (κ1) is 13.6. The van der Waals surface area contributed by atoms with E-state index in [0.29, 0.717) is 0 Å². The van der Waals surface area contributed by atoms with E-state index < -0.39 is 42.6 Å². The molecule has 3 unspecified atom stereocenters. The third kappa shape index (κ3) is 2.62. The first-order chi connectivity index (χ1) is 7.45. The lowest BCUT2D eigenvalue weighted by atomic mass is 9.96. The molecular weight excluding hydrogens is 242 g/mol. The fourth-order valence-electron chi connectivity index (χ4n) is 1.55. The molecule has 0 saturated carbocycles. The molecule has 0 bridgehead atoms. The van der Waals surface area contributed by atoms with Crippen molar-refractivity contribution in [2.24, 2.45) is 0 Å². The average molecular weight is 256 g/mol. The first-order valence-electron chi connectivity index (χ1n) is 4.65. The molecule has 0 aromatic heterocycles. The quantitative estimate of drug-likeness (QED) is 0.356. The van der Waals surface area contributed by atoms with Crippen molar-refractivity contribution in [1.29, 1.82) is 0 Å². The van der Waals surface area contributed by atoms with Crippen molar-refractivity contribution in [3.8, 4) is 0 Å². The maximum absolute atomic E-state index is 11.1. The van der Waals surface area contributed by atoms with Gasteiger partial charge in [-0.3, -0.25) is 4.79 Å². The zero-order valence-corrected chi connectivity index (χ0v) is 9.09. The lowest BCUT2D eigenvalue weighted by molar-refractivity contribution is -0.297. The van der Waals surface area contributed by atoms with Crippen molar-refractivity contribution in [1.82, 2.24) is 5.32 Å². The predicted octanol–water partition coefficient (Wildman–Crippen LogP) is -2.51. The molecule has 16 heavy (non-hydrogen) atoms. The van der Waals surface area contributed by atoms with E-state index in [1.807, 2.05) is 0 Å². The zero-order valence-electron chi connectivity index (χ0n) is 8.34. The number of amides is 1. The second kappa shape index (κ2) is 5.26. The number of aliphatic hydroxyl groups excluding tert-OH is 4. The van der Waals surface area contributed by atoms with Gasteiger partial charge in [-0.15, -0.1) is 11.6 Å². The molecule has 1 aliphatic heterocycles. The normalized spacial score (nSPS) is 39.4. The van der Waals surface area contributed by atoms with Crippen LogP contribution in [0.5, 0.6) is 0 Å². The van der Waals surface area contributed by atoms with Crippen molar-refractivity contribution in [3.63, 3.8) is 0 Å². The Balaban J connectivity index is 2.86. The van der Waals surface area contributed by atoms with Gasteiger partial charge in [0.2, 0.25) is 5.91 Å². The van der Waals surface area contributed by atoms with Crippen LogP contribution in [-0.4, -0.2) is 63.0 Å². The van der Waals surface area contributed by atoms with Crippen LogP contribution in [0.3, 0.4) is 0 Å². The minimum absolute atomic E-state index is 0.209. The standard InChI is InChI=1S/C8H14ClNO6/c9-2-5(13)10-8(3-11)7(15)4(12)1-6(14)16-8/h4,6-7,11-12,14-15H,1-3H2,(H,10,13)/t4-,6?,7?,8?/m1/s1. The number of carbonyl (C=O) groups is 1. The summed E-state index contributed by atoms with van der Waals surface area (Å²) in [7, 11) is 0. The number of alkyl halides is 1. The van der Waals surface area contributed by atoms with Crippen LogP contribution in [0.25, 0.3) is 0 Å². The van der Waals surface area contributed by atoms with E-state index in [-0.39, 0.29) is 6.42 Å². The van der Waals surface area contributed by atoms with Crippen LogP contribution >= 0.6 is 11.6 Å². The molecule has 1 rings (SSSR count). The number of hydrogen-bond acceptors (Lipinski definition) is 6. The maximum Gasteiger partial charge on any atom is 0.237 e. The van der Waals surface area contributed by atoms with Gasteiger partial charge in [-0.05, 0) is 0 Å². The number of halogens is 1. The number of nitrogens with one attached hydrogen (secondary N) is 1. The second-order valence-electron chi connectivity index (χ2n) is 3.55. The number of ether oxygens (including phenoxy) is 1.